The van der Waals surface area contributed by atoms with E-state index in [9.17, 15) is 0 Å². The fourth-order valence-electron chi connectivity index (χ4n) is 2.96. The van der Waals surface area contributed by atoms with E-state index >= 15 is 0 Å². The number of hydrogen-bond acceptors (Lipinski definition) is 5. The summed E-state index contributed by atoms with van der Waals surface area (Å²) in [6.07, 6.45) is 4.50. The van der Waals surface area contributed by atoms with Gasteiger partial charge in [-0.3, -0.25) is 4.90 Å². The van der Waals surface area contributed by atoms with Crippen LogP contribution in [0.3, 0.4) is 0 Å². The van der Waals surface area contributed by atoms with Crippen LogP contribution in [-0.4, -0.2) is 48.4 Å². The van der Waals surface area contributed by atoms with Crippen molar-refractivity contribution in [3.8, 4) is 0 Å². The smallest absolute Gasteiger partial charge is 0.208 e. The van der Waals surface area contributed by atoms with E-state index in [1.165, 1.54) is 12.8 Å². The largest absolute Gasteiger partial charge is 0.444 e. The van der Waals surface area contributed by atoms with Crippen molar-refractivity contribution in [1.29, 1.82) is 0 Å². The Morgan fingerprint density at radius 3 is 2.95 bits per heavy atom. The summed E-state index contributed by atoms with van der Waals surface area (Å²) in [6.45, 7) is 7.35. The fourth-order valence-corrected chi connectivity index (χ4v) is 2.96. The minimum Gasteiger partial charge on any atom is -0.444 e. The van der Waals surface area contributed by atoms with Gasteiger partial charge in [-0.15, -0.1) is 0 Å². The lowest BCUT2D eigenvalue weighted by molar-refractivity contribution is -0.155. The van der Waals surface area contributed by atoms with Crippen LogP contribution in [0.25, 0.3) is 0 Å². The van der Waals surface area contributed by atoms with Gasteiger partial charge in [-0.25, -0.2) is 4.98 Å². The van der Waals surface area contributed by atoms with Gasteiger partial charge >= 0.3 is 0 Å². The summed E-state index contributed by atoms with van der Waals surface area (Å²) in [5.41, 5.74) is -0.159. The Kier molecular flexibility index (Phi) is 3.84. The molecule has 5 heteroatoms. The van der Waals surface area contributed by atoms with Crippen molar-refractivity contribution in [2.75, 3.05) is 26.8 Å². The molecule has 1 aliphatic heterocycles. The van der Waals surface area contributed by atoms with Crippen LogP contribution in [0.15, 0.2) is 10.6 Å². The molecule has 0 radical (unpaired) electrons. The van der Waals surface area contributed by atoms with Gasteiger partial charge in [0, 0.05) is 26.1 Å². The summed E-state index contributed by atoms with van der Waals surface area (Å²) in [5.74, 6) is 2.50. The van der Waals surface area contributed by atoms with Gasteiger partial charge in [0.15, 0.2) is 0 Å². The zero-order chi connectivity index (χ0) is 14.2. The number of morpholine rings is 1. The number of oxazole rings is 1. The Bertz CT molecular complexity index is 454. The molecule has 0 bridgehead atoms. The summed E-state index contributed by atoms with van der Waals surface area (Å²) >= 11 is 0. The lowest BCUT2D eigenvalue weighted by Crippen LogP contribution is -2.53. The van der Waals surface area contributed by atoms with Gasteiger partial charge in [-0.2, -0.15) is 0 Å². The zero-order valence-electron chi connectivity index (χ0n) is 12.6. The summed E-state index contributed by atoms with van der Waals surface area (Å²) < 4.78 is 17.1. The first-order chi connectivity index (χ1) is 9.55. The Morgan fingerprint density at radius 1 is 1.45 bits per heavy atom. The van der Waals surface area contributed by atoms with Gasteiger partial charge in [0.2, 0.25) is 5.89 Å². The van der Waals surface area contributed by atoms with Crippen LogP contribution >= 0.6 is 0 Å². The van der Waals surface area contributed by atoms with E-state index in [4.69, 9.17) is 13.9 Å². The van der Waals surface area contributed by atoms with Gasteiger partial charge < -0.3 is 13.9 Å². The molecular formula is C15H24N2O3. The monoisotopic (exact) mass is 280 g/mol. The Morgan fingerprint density at radius 2 is 2.25 bits per heavy atom. The molecule has 20 heavy (non-hydrogen) atoms. The van der Waals surface area contributed by atoms with Crippen LogP contribution in [0.4, 0.5) is 0 Å². The third-order valence-electron chi connectivity index (χ3n) is 3.81. The molecule has 112 valence electrons. The maximum atomic E-state index is 6.02. The van der Waals surface area contributed by atoms with E-state index in [0.29, 0.717) is 12.5 Å². The summed E-state index contributed by atoms with van der Waals surface area (Å²) in [7, 11) is 1.71. The summed E-state index contributed by atoms with van der Waals surface area (Å²) in [6, 6.07) is 0. The normalized spacial score (nSPS) is 26.9. The van der Waals surface area contributed by atoms with E-state index in [2.05, 4.69) is 23.7 Å². The number of aromatic nitrogens is 1. The molecule has 0 amide bonds. The second-order valence-electron chi connectivity index (χ2n) is 6.56. The fraction of sp³-hybridized carbons (Fsp3) is 0.800. The standard InChI is InChI=1S/C15H24N2O3/c1-15(2)10-17(7-12(20-15)9-18-3)8-14-16-6-13(19-14)11-4-5-11/h6,11-12H,4-5,7-10H2,1-3H3/t12-/m1/s1. The molecule has 0 spiro atoms. The highest BCUT2D eigenvalue weighted by Crippen LogP contribution is 2.40. The quantitative estimate of drug-likeness (QED) is 0.827. The Hall–Kier alpha value is -0.910. The van der Waals surface area contributed by atoms with Gasteiger partial charge in [-0.05, 0) is 26.7 Å². The molecule has 2 fully saturated rings. The van der Waals surface area contributed by atoms with Gasteiger partial charge in [-0.1, -0.05) is 0 Å². The topological polar surface area (TPSA) is 47.7 Å². The second-order valence-corrected chi connectivity index (χ2v) is 6.56. The van der Waals surface area contributed by atoms with Crippen molar-refractivity contribution < 1.29 is 13.9 Å². The molecule has 1 atom stereocenters. The van der Waals surface area contributed by atoms with Crippen molar-refractivity contribution in [3.05, 3.63) is 17.8 Å². The molecule has 1 saturated heterocycles. The van der Waals surface area contributed by atoms with Crippen molar-refractivity contribution in [1.82, 2.24) is 9.88 Å². The first-order valence-electron chi connectivity index (χ1n) is 7.39. The number of hydrogen-bond donors (Lipinski definition) is 0. The SMILES string of the molecule is COC[C@H]1CN(Cc2ncc(C3CC3)o2)CC(C)(C)O1. The molecule has 1 aromatic heterocycles. The minimum atomic E-state index is -0.159. The summed E-state index contributed by atoms with van der Waals surface area (Å²) in [5, 5.41) is 0. The van der Waals surface area contributed by atoms with E-state index < -0.39 is 0 Å². The van der Waals surface area contributed by atoms with Crippen LogP contribution in [0, 0.1) is 0 Å². The molecule has 3 rings (SSSR count). The highest BCUT2D eigenvalue weighted by molar-refractivity contribution is 5.08. The maximum Gasteiger partial charge on any atom is 0.208 e. The number of rotatable bonds is 5. The van der Waals surface area contributed by atoms with Crippen molar-refractivity contribution in [2.45, 2.75) is 50.9 Å². The predicted molar refractivity (Wildman–Crippen MR) is 74.6 cm³/mol. The highest BCUT2D eigenvalue weighted by Gasteiger charge is 2.34. The molecule has 5 nitrogen and oxygen atoms in total. The Labute approximate surface area is 120 Å². The predicted octanol–water partition coefficient (Wildman–Crippen LogP) is 2.18. The molecular weight excluding hydrogens is 256 g/mol. The van der Waals surface area contributed by atoms with Crippen molar-refractivity contribution >= 4 is 0 Å². The number of nitrogens with zero attached hydrogens (tertiary/aromatic N) is 2. The average molecular weight is 280 g/mol. The maximum absolute atomic E-state index is 6.02. The van der Waals surface area contributed by atoms with E-state index in [0.717, 1.165) is 31.3 Å². The number of methoxy groups -OCH3 is 1. The molecule has 0 aromatic carbocycles. The molecule has 2 aliphatic rings. The first kappa shape index (κ1) is 14.0. The van der Waals surface area contributed by atoms with Gasteiger partial charge in [0.1, 0.15) is 5.76 Å². The second kappa shape index (κ2) is 5.47. The zero-order valence-corrected chi connectivity index (χ0v) is 12.6. The van der Waals surface area contributed by atoms with Crippen LogP contribution in [0.1, 0.15) is 44.3 Å². The Balaban J connectivity index is 1.62. The van der Waals surface area contributed by atoms with Gasteiger partial charge in [0.25, 0.3) is 0 Å². The molecule has 2 heterocycles. The van der Waals surface area contributed by atoms with E-state index in [-0.39, 0.29) is 11.7 Å². The molecule has 0 unspecified atom stereocenters. The molecule has 1 aromatic rings. The van der Waals surface area contributed by atoms with E-state index in [1.54, 1.807) is 7.11 Å². The minimum absolute atomic E-state index is 0.113. The van der Waals surface area contributed by atoms with Crippen LogP contribution in [0.2, 0.25) is 0 Å². The van der Waals surface area contributed by atoms with Crippen LogP contribution in [-0.2, 0) is 16.0 Å². The van der Waals surface area contributed by atoms with Crippen molar-refractivity contribution in [3.63, 3.8) is 0 Å². The lowest BCUT2D eigenvalue weighted by Gasteiger charge is -2.42. The third-order valence-corrected chi connectivity index (χ3v) is 3.81. The highest BCUT2D eigenvalue weighted by atomic mass is 16.5. The number of ether oxygens (including phenoxy) is 2. The van der Waals surface area contributed by atoms with Crippen LogP contribution < -0.4 is 0 Å². The molecule has 1 saturated carbocycles. The van der Waals surface area contributed by atoms with Crippen molar-refractivity contribution in [2.24, 2.45) is 0 Å². The average Bonchev–Trinajstić information content (AvgIpc) is 3.09. The van der Waals surface area contributed by atoms with Crippen LogP contribution in [0.5, 0.6) is 0 Å². The first-order valence-corrected chi connectivity index (χ1v) is 7.39. The molecule has 0 N–H and O–H groups in total. The molecule has 1 aliphatic carbocycles. The van der Waals surface area contributed by atoms with E-state index in [1.807, 2.05) is 6.20 Å². The summed E-state index contributed by atoms with van der Waals surface area (Å²) in [4.78, 5) is 6.75. The third kappa shape index (κ3) is 3.40. The lowest BCUT2D eigenvalue weighted by atomic mass is 10.1. The van der Waals surface area contributed by atoms with Gasteiger partial charge in [0.05, 0.1) is 31.1 Å².